The zero-order chi connectivity index (χ0) is 14.3. The van der Waals surface area contributed by atoms with Gasteiger partial charge in [-0.1, -0.05) is 6.92 Å². The maximum absolute atomic E-state index is 9.27. The number of fused-ring (bicyclic) bond motifs is 2. The number of hydrogen-bond acceptors (Lipinski definition) is 7. The molecule has 4 aliphatic heterocycles. The van der Waals surface area contributed by atoms with Gasteiger partial charge in [0.05, 0.1) is 32.5 Å². The summed E-state index contributed by atoms with van der Waals surface area (Å²) in [6, 6.07) is 0. The first-order chi connectivity index (χ1) is 9.58. The summed E-state index contributed by atoms with van der Waals surface area (Å²) in [7, 11) is 0. The van der Waals surface area contributed by atoms with E-state index in [2.05, 4.69) is 6.92 Å². The van der Waals surface area contributed by atoms with Crippen LogP contribution in [0.15, 0.2) is 0 Å². The van der Waals surface area contributed by atoms with E-state index in [9.17, 15) is 5.11 Å². The van der Waals surface area contributed by atoms with Gasteiger partial charge in [0, 0.05) is 5.92 Å². The Labute approximate surface area is 117 Å². The van der Waals surface area contributed by atoms with Crippen molar-refractivity contribution in [2.75, 3.05) is 26.4 Å². The first-order valence-electron chi connectivity index (χ1n) is 7.08. The van der Waals surface area contributed by atoms with E-state index < -0.39 is 18.3 Å². The van der Waals surface area contributed by atoms with Crippen LogP contribution in [0.3, 0.4) is 0 Å². The van der Waals surface area contributed by atoms with Gasteiger partial charge in [-0.15, -0.1) is 0 Å². The molecule has 0 aromatic carbocycles. The Hall–Kier alpha value is -0.280. The Balaban J connectivity index is 0.000000121. The van der Waals surface area contributed by atoms with Gasteiger partial charge in [-0.05, 0) is 0 Å². The smallest absolute Gasteiger partial charge is 0.114 e. The van der Waals surface area contributed by atoms with Crippen molar-refractivity contribution in [1.82, 2.24) is 0 Å². The lowest BCUT2D eigenvalue weighted by molar-refractivity contribution is 0.00205. The molecular weight excluding hydrogens is 268 g/mol. The van der Waals surface area contributed by atoms with Crippen LogP contribution in [0, 0.1) is 5.92 Å². The van der Waals surface area contributed by atoms with Gasteiger partial charge in [-0.2, -0.15) is 0 Å². The summed E-state index contributed by atoms with van der Waals surface area (Å²) in [5.74, 6) is 0.446. The highest BCUT2D eigenvalue weighted by atomic mass is 16.6. The Morgan fingerprint density at radius 1 is 0.600 bits per heavy atom. The number of ether oxygens (including phenoxy) is 4. The fraction of sp³-hybridized carbons (Fsp3) is 1.00. The second-order valence-corrected chi connectivity index (χ2v) is 5.87. The van der Waals surface area contributed by atoms with E-state index in [1.54, 1.807) is 0 Å². The zero-order valence-electron chi connectivity index (χ0n) is 11.4. The summed E-state index contributed by atoms with van der Waals surface area (Å²) in [5.41, 5.74) is 0. The molecule has 8 atom stereocenters. The SMILES string of the molecule is CC1COC2C(O)COC12.OC1COC2C(O)COC12. The van der Waals surface area contributed by atoms with Crippen LogP contribution < -0.4 is 0 Å². The van der Waals surface area contributed by atoms with Crippen molar-refractivity contribution in [2.24, 2.45) is 5.92 Å². The molecule has 0 saturated carbocycles. The predicted molar refractivity (Wildman–Crippen MR) is 66.1 cm³/mol. The maximum Gasteiger partial charge on any atom is 0.114 e. The van der Waals surface area contributed by atoms with Gasteiger partial charge in [0.2, 0.25) is 0 Å². The van der Waals surface area contributed by atoms with Crippen LogP contribution in [0.1, 0.15) is 6.92 Å². The lowest BCUT2D eigenvalue weighted by Gasteiger charge is -2.10. The lowest BCUT2D eigenvalue weighted by atomic mass is 10.0. The summed E-state index contributed by atoms with van der Waals surface area (Å²) < 4.78 is 20.8. The molecule has 116 valence electrons. The van der Waals surface area contributed by atoms with Crippen LogP contribution in [-0.2, 0) is 18.9 Å². The van der Waals surface area contributed by atoms with Crippen molar-refractivity contribution in [2.45, 2.75) is 49.7 Å². The van der Waals surface area contributed by atoms with Crippen molar-refractivity contribution in [3.05, 3.63) is 0 Å². The van der Waals surface area contributed by atoms with Gasteiger partial charge in [0.15, 0.2) is 0 Å². The van der Waals surface area contributed by atoms with E-state index in [1.165, 1.54) is 0 Å². The third-order valence-corrected chi connectivity index (χ3v) is 4.28. The third-order valence-electron chi connectivity index (χ3n) is 4.28. The van der Waals surface area contributed by atoms with E-state index in [4.69, 9.17) is 29.2 Å². The lowest BCUT2D eigenvalue weighted by Crippen LogP contribution is -2.30. The van der Waals surface area contributed by atoms with Gasteiger partial charge in [-0.25, -0.2) is 0 Å². The fourth-order valence-electron chi connectivity index (χ4n) is 3.13. The Kier molecular flexibility index (Phi) is 4.28. The van der Waals surface area contributed by atoms with Crippen molar-refractivity contribution >= 4 is 0 Å². The van der Waals surface area contributed by atoms with Crippen LogP contribution >= 0.6 is 0 Å². The second-order valence-electron chi connectivity index (χ2n) is 5.87. The highest BCUT2D eigenvalue weighted by Crippen LogP contribution is 2.30. The average molecular weight is 290 g/mol. The monoisotopic (exact) mass is 290 g/mol. The molecule has 0 bridgehead atoms. The molecule has 0 aromatic rings. The average Bonchev–Trinajstić information content (AvgIpc) is 3.13. The van der Waals surface area contributed by atoms with Crippen LogP contribution in [-0.4, -0.2) is 84.5 Å². The standard InChI is InChI=1S/C7H12O3.C6H10O4/c1-4-2-9-7-5(8)3-10-6(4)7;7-3-1-9-6-4(8)2-10-5(3)6/h4-8H,2-3H2,1H3;3-8H,1-2H2. The second kappa shape index (κ2) is 5.84. The van der Waals surface area contributed by atoms with Crippen LogP contribution in [0.4, 0.5) is 0 Å². The molecule has 7 heteroatoms. The Morgan fingerprint density at radius 3 is 1.40 bits per heavy atom. The van der Waals surface area contributed by atoms with Crippen molar-refractivity contribution in [3.8, 4) is 0 Å². The highest BCUT2D eigenvalue weighted by molar-refractivity contribution is 4.94. The van der Waals surface area contributed by atoms with Gasteiger partial charge in [0.1, 0.15) is 36.6 Å². The van der Waals surface area contributed by atoms with Crippen LogP contribution in [0.5, 0.6) is 0 Å². The fourth-order valence-corrected chi connectivity index (χ4v) is 3.13. The van der Waals surface area contributed by atoms with Crippen LogP contribution in [0.25, 0.3) is 0 Å². The topological polar surface area (TPSA) is 97.6 Å². The zero-order valence-corrected chi connectivity index (χ0v) is 11.4. The maximum atomic E-state index is 9.27. The normalized spacial score (nSPS) is 53.4. The van der Waals surface area contributed by atoms with E-state index in [0.29, 0.717) is 12.5 Å². The van der Waals surface area contributed by atoms with E-state index in [0.717, 1.165) is 6.61 Å². The molecule has 4 saturated heterocycles. The molecule has 4 fully saturated rings. The quantitative estimate of drug-likeness (QED) is 0.488. The first kappa shape index (κ1) is 14.6. The number of aliphatic hydroxyl groups is 3. The molecule has 3 N–H and O–H groups in total. The summed E-state index contributed by atoms with van der Waals surface area (Å²) in [5, 5.41) is 27.6. The largest absolute Gasteiger partial charge is 0.388 e. The van der Waals surface area contributed by atoms with Gasteiger partial charge in [-0.3, -0.25) is 0 Å². The minimum atomic E-state index is -0.554. The summed E-state index contributed by atoms with van der Waals surface area (Å²) in [6.45, 7) is 3.83. The third kappa shape index (κ3) is 2.59. The van der Waals surface area contributed by atoms with Crippen LogP contribution in [0.2, 0.25) is 0 Å². The molecule has 0 aliphatic carbocycles. The minimum absolute atomic E-state index is 0.0463. The molecule has 20 heavy (non-hydrogen) atoms. The molecule has 0 spiro atoms. The van der Waals surface area contributed by atoms with Gasteiger partial charge < -0.3 is 34.3 Å². The Bertz CT molecular complexity index is 275. The number of hydrogen-bond donors (Lipinski definition) is 3. The van der Waals surface area contributed by atoms with Crippen molar-refractivity contribution in [3.63, 3.8) is 0 Å². The molecule has 0 radical (unpaired) electrons. The molecule has 8 unspecified atom stereocenters. The molecule has 4 rings (SSSR count). The summed E-state index contributed by atoms with van der Waals surface area (Å²) >= 11 is 0. The molecule has 4 heterocycles. The van der Waals surface area contributed by atoms with Crippen molar-refractivity contribution < 1.29 is 34.3 Å². The van der Waals surface area contributed by atoms with E-state index in [1.807, 2.05) is 0 Å². The molecule has 7 nitrogen and oxygen atoms in total. The predicted octanol–water partition coefficient (Wildman–Crippen LogP) is -1.71. The molecule has 0 aromatic heterocycles. The van der Waals surface area contributed by atoms with E-state index in [-0.39, 0.29) is 37.6 Å². The van der Waals surface area contributed by atoms with Crippen molar-refractivity contribution in [1.29, 1.82) is 0 Å². The number of aliphatic hydroxyl groups excluding tert-OH is 3. The summed E-state index contributed by atoms with van der Waals surface area (Å²) in [6.07, 6.45) is -1.99. The Morgan fingerprint density at radius 2 is 0.950 bits per heavy atom. The minimum Gasteiger partial charge on any atom is -0.388 e. The van der Waals surface area contributed by atoms with Gasteiger partial charge >= 0.3 is 0 Å². The molecular formula is C13H22O7. The van der Waals surface area contributed by atoms with Gasteiger partial charge in [0.25, 0.3) is 0 Å². The molecule has 0 amide bonds. The van der Waals surface area contributed by atoms with E-state index >= 15 is 0 Å². The number of rotatable bonds is 0. The summed E-state index contributed by atoms with van der Waals surface area (Å²) in [4.78, 5) is 0. The molecule has 4 aliphatic rings. The first-order valence-corrected chi connectivity index (χ1v) is 7.08. The highest BCUT2D eigenvalue weighted by Gasteiger charge is 2.46.